The summed E-state index contributed by atoms with van der Waals surface area (Å²) < 4.78 is 0. The number of nitrogens with zero attached hydrogens (tertiary/aromatic N) is 1. The molecule has 0 bridgehead atoms. The fraction of sp³-hybridized carbons (Fsp3) is 0.833. The van der Waals surface area contributed by atoms with E-state index in [1.54, 1.807) is 11.8 Å². The minimum atomic E-state index is -0.564. The normalized spacial score (nSPS) is 23.9. The molecule has 0 atom stereocenters. The van der Waals surface area contributed by atoms with Gasteiger partial charge in [0.05, 0.1) is 0 Å². The number of carbonyl (C=O) groups is 2. The quantitative estimate of drug-likeness (QED) is 0.820. The van der Waals surface area contributed by atoms with Crippen LogP contribution in [0.25, 0.3) is 0 Å². The minimum absolute atomic E-state index is 0.0342. The monoisotopic (exact) mass is 256 g/mol. The first-order chi connectivity index (χ1) is 8.18. The van der Waals surface area contributed by atoms with Crippen LogP contribution in [0.5, 0.6) is 0 Å². The van der Waals surface area contributed by atoms with Crippen molar-refractivity contribution < 1.29 is 9.59 Å². The van der Waals surface area contributed by atoms with Gasteiger partial charge in [0.15, 0.2) is 0 Å². The maximum Gasteiger partial charge on any atom is 0.248 e. The Balaban J connectivity index is 2.14. The summed E-state index contributed by atoms with van der Waals surface area (Å²) in [5, 5.41) is 2.97. The molecule has 4 nitrogen and oxygen atoms in total. The second kappa shape index (κ2) is 5.29. The van der Waals surface area contributed by atoms with E-state index in [9.17, 15) is 9.59 Å². The predicted molar refractivity (Wildman–Crippen MR) is 68.9 cm³/mol. The molecule has 2 amide bonds. The summed E-state index contributed by atoms with van der Waals surface area (Å²) in [6.45, 7) is 1.34. The summed E-state index contributed by atoms with van der Waals surface area (Å²) in [5.74, 6) is 1.12. The van der Waals surface area contributed by atoms with Gasteiger partial charge in [0.2, 0.25) is 11.8 Å². The highest BCUT2D eigenvalue weighted by atomic mass is 32.2. The van der Waals surface area contributed by atoms with Crippen LogP contribution < -0.4 is 5.32 Å². The van der Waals surface area contributed by atoms with Gasteiger partial charge < -0.3 is 10.2 Å². The molecule has 0 aromatic carbocycles. The number of amides is 2. The Morgan fingerprint density at radius 2 is 2.06 bits per heavy atom. The zero-order chi connectivity index (χ0) is 12.3. The van der Waals surface area contributed by atoms with E-state index in [1.807, 2.05) is 11.2 Å². The lowest BCUT2D eigenvalue weighted by atomic mass is 9.96. The van der Waals surface area contributed by atoms with Gasteiger partial charge in [0.1, 0.15) is 5.54 Å². The van der Waals surface area contributed by atoms with Crippen molar-refractivity contribution in [2.45, 2.75) is 37.6 Å². The summed E-state index contributed by atoms with van der Waals surface area (Å²) in [6.07, 6.45) is 6.20. The Bertz CT molecular complexity index is 314. The van der Waals surface area contributed by atoms with Crippen LogP contribution in [0.15, 0.2) is 0 Å². The van der Waals surface area contributed by atoms with Crippen LogP contribution in [-0.4, -0.2) is 47.4 Å². The summed E-state index contributed by atoms with van der Waals surface area (Å²) in [6, 6.07) is 0. The van der Waals surface area contributed by atoms with Crippen LogP contribution in [0.1, 0.15) is 32.1 Å². The molecule has 1 N–H and O–H groups in total. The van der Waals surface area contributed by atoms with E-state index in [0.717, 1.165) is 38.0 Å². The molecule has 1 aliphatic heterocycles. The van der Waals surface area contributed by atoms with Crippen molar-refractivity contribution in [3.63, 3.8) is 0 Å². The zero-order valence-corrected chi connectivity index (χ0v) is 11.1. The number of thioether (sulfide) groups is 1. The molecular formula is C12H20N2O2S. The smallest absolute Gasteiger partial charge is 0.248 e. The van der Waals surface area contributed by atoms with Crippen molar-refractivity contribution in [1.82, 2.24) is 10.2 Å². The molecule has 0 unspecified atom stereocenters. The van der Waals surface area contributed by atoms with Gasteiger partial charge in [-0.15, -0.1) is 0 Å². The van der Waals surface area contributed by atoms with E-state index in [4.69, 9.17) is 0 Å². The number of rotatable bonds is 3. The molecule has 0 aromatic heterocycles. The number of hydrogen-bond acceptors (Lipinski definition) is 3. The van der Waals surface area contributed by atoms with Gasteiger partial charge in [-0.1, -0.05) is 12.8 Å². The molecule has 5 heteroatoms. The van der Waals surface area contributed by atoms with Crippen LogP contribution in [0.4, 0.5) is 0 Å². The van der Waals surface area contributed by atoms with E-state index < -0.39 is 5.54 Å². The predicted octanol–water partition coefficient (Wildman–Crippen LogP) is 1.01. The summed E-state index contributed by atoms with van der Waals surface area (Å²) in [4.78, 5) is 26.1. The van der Waals surface area contributed by atoms with Gasteiger partial charge in [-0.2, -0.15) is 11.8 Å². The highest BCUT2D eigenvalue weighted by molar-refractivity contribution is 7.98. The van der Waals surface area contributed by atoms with Crippen LogP contribution in [0.2, 0.25) is 0 Å². The molecule has 2 rings (SSSR count). The molecule has 1 aliphatic carbocycles. The Morgan fingerprint density at radius 3 is 2.71 bits per heavy atom. The lowest BCUT2D eigenvalue weighted by Gasteiger charge is -2.31. The topological polar surface area (TPSA) is 49.4 Å². The molecule has 17 heavy (non-hydrogen) atoms. The first kappa shape index (κ1) is 12.7. The van der Waals surface area contributed by atoms with Crippen molar-refractivity contribution >= 4 is 23.6 Å². The Morgan fingerprint density at radius 1 is 1.35 bits per heavy atom. The Hall–Kier alpha value is -0.710. The van der Waals surface area contributed by atoms with Crippen molar-refractivity contribution in [2.75, 3.05) is 25.1 Å². The molecule has 2 aliphatic rings. The Labute approximate surface area is 106 Å². The molecule has 1 heterocycles. The minimum Gasteiger partial charge on any atom is -0.342 e. The number of carbonyl (C=O) groups excluding carboxylic acids is 2. The van der Waals surface area contributed by atoms with Crippen LogP contribution in [0.3, 0.4) is 0 Å². The van der Waals surface area contributed by atoms with Crippen LogP contribution >= 0.6 is 11.8 Å². The van der Waals surface area contributed by atoms with Crippen molar-refractivity contribution in [3.8, 4) is 0 Å². The zero-order valence-electron chi connectivity index (χ0n) is 10.3. The number of nitrogens with one attached hydrogen (secondary N) is 1. The third kappa shape index (κ3) is 2.59. The van der Waals surface area contributed by atoms with Gasteiger partial charge >= 0.3 is 0 Å². The van der Waals surface area contributed by atoms with Gasteiger partial charge in [0.25, 0.3) is 0 Å². The standard InChI is InChI=1S/C12H20N2O2S/c1-17-9-8-14-7-4-10(15)13-12(11(14)16)5-2-3-6-12/h2-9H2,1H3,(H,13,15). The maximum atomic E-state index is 12.5. The summed E-state index contributed by atoms with van der Waals surface area (Å²) >= 11 is 1.74. The second-order valence-corrected chi connectivity index (χ2v) is 5.86. The van der Waals surface area contributed by atoms with Gasteiger partial charge in [0, 0.05) is 25.3 Å². The number of hydrogen-bond donors (Lipinski definition) is 1. The van der Waals surface area contributed by atoms with Crippen molar-refractivity contribution in [3.05, 3.63) is 0 Å². The maximum absolute atomic E-state index is 12.5. The lowest BCUT2D eigenvalue weighted by Crippen LogP contribution is -2.55. The molecule has 0 aromatic rings. The van der Waals surface area contributed by atoms with Gasteiger partial charge in [-0.05, 0) is 19.1 Å². The van der Waals surface area contributed by atoms with Crippen LogP contribution in [0, 0.1) is 0 Å². The molecule has 1 saturated carbocycles. The van der Waals surface area contributed by atoms with E-state index in [1.165, 1.54) is 0 Å². The van der Waals surface area contributed by atoms with E-state index >= 15 is 0 Å². The van der Waals surface area contributed by atoms with Crippen molar-refractivity contribution in [2.24, 2.45) is 0 Å². The van der Waals surface area contributed by atoms with Crippen molar-refractivity contribution in [1.29, 1.82) is 0 Å². The average Bonchev–Trinajstić information content (AvgIpc) is 2.73. The average molecular weight is 256 g/mol. The first-order valence-corrected chi connectivity index (χ1v) is 7.67. The highest BCUT2D eigenvalue weighted by Crippen LogP contribution is 2.32. The Kier molecular flexibility index (Phi) is 3.97. The SMILES string of the molecule is CSCCN1CCC(=O)NC2(CCCC2)C1=O. The summed E-state index contributed by atoms with van der Waals surface area (Å²) in [5.41, 5.74) is -0.564. The van der Waals surface area contributed by atoms with E-state index in [2.05, 4.69) is 5.32 Å². The highest BCUT2D eigenvalue weighted by Gasteiger charge is 2.46. The fourth-order valence-electron chi connectivity index (χ4n) is 2.76. The van der Waals surface area contributed by atoms with Gasteiger partial charge in [-0.25, -0.2) is 0 Å². The molecule has 2 fully saturated rings. The summed E-state index contributed by atoms with van der Waals surface area (Å²) in [7, 11) is 0. The second-order valence-electron chi connectivity index (χ2n) is 4.87. The van der Waals surface area contributed by atoms with Crippen LogP contribution in [-0.2, 0) is 9.59 Å². The van der Waals surface area contributed by atoms with Gasteiger partial charge in [-0.3, -0.25) is 9.59 Å². The first-order valence-electron chi connectivity index (χ1n) is 6.27. The molecule has 1 spiro atoms. The third-order valence-electron chi connectivity index (χ3n) is 3.71. The molecular weight excluding hydrogens is 236 g/mol. The lowest BCUT2D eigenvalue weighted by molar-refractivity contribution is -0.138. The van der Waals surface area contributed by atoms with E-state index in [0.29, 0.717) is 13.0 Å². The molecule has 0 radical (unpaired) electrons. The fourth-order valence-corrected chi connectivity index (χ4v) is 3.16. The van der Waals surface area contributed by atoms with E-state index in [-0.39, 0.29) is 11.8 Å². The largest absolute Gasteiger partial charge is 0.342 e. The molecule has 96 valence electrons. The third-order valence-corrected chi connectivity index (χ3v) is 4.30. The molecule has 1 saturated heterocycles.